The number of hydrogen-bond donors (Lipinski definition) is 1. The third-order valence-corrected chi connectivity index (χ3v) is 4.77. The van der Waals surface area contributed by atoms with Crippen LogP contribution in [0.3, 0.4) is 0 Å². The Kier molecular flexibility index (Phi) is 6.63. The zero-order valence-electron chi connectivity index (χ0n) is 15.1. The Labute approximate surface area is 155 Å². The van der Waals surface area contributed by atoms with Crippen molar-refractivity contribution in [1.29, 1.82) is 0 Å². The van der Waals surface area contributed by atoms with E-state index in [4.69, 9.17) is 10.5 Å². The van der Waals surface area contributed by atoms with Gasteiger partial charge in [-0.05, 0) is 17.7 Å². The molecule has 3 rings (SSSR count). The summed E-state index contributed by atoms with van der Waals surface area (Å²) in [6.45, 7) is 4.81. The Morgan fingerprint density at radius 1 is 0.962 bits per heavy atom. The second kappa shape index (κ2) is 9.36. The van der Waals surface area contributed by atoms with Crippen molar-refractivity contribution in [3.05, 3.63) is 66.2 Å². The molecule has 1 amide bonds. The average molecular weight is 353 g/mol. The minimum absolute atomic E-state index is 0.140. The van der Waals surface area contributed by atoms with Gasteiger partial charge in [-0.15, -0.1) is 0 Å². The molecule has 5 nitrogen and oxygen atoms in total. The number of nitrogens with two attached hydrogens (primary N) is 1. The van der Waals surface area contributed by atoms with Gasteiger partial charge in [0.15, 0.2) is 0 Å². The smallest absolute Gasteiger partial charge is 0.224 e. The van der Waals surface area contributed by atoms with Crippen molar-refractivity contribution in [2.24, 2.45) is 5.73 Å². The van der Waals surface area contributed by atoms with E-state index in [2.05, 4.69) is 4.90 Å². The van der Waals surface area contributed by atoms with Gasteiger partial charge >= 0.3 is 0 Å². The van der Waals surface area contributed by atoms with Crippen molar-refractivity contribution in [1.82, 2.24) is 9.80 Å². The zero-order valence-corrected chi connectivity index (χ0v) is 15.1. The minimum atomic E-state index is -0.235. The normalized spacial score (nSPS) is 16.3. The lowest BCUT2D eigenvalue weighted by molar-refractivity contribution is -0.133. The van der Waals surface area contributed by atoms with E-state index in [1.165, 1.54) is 0 Å². The third-order valence-electron chi connectivity index (χ3n) is 4.77. The molecule has 2 aromatic rings. The third kappa shape index (κ3) is 5.31. The number of hydrogen-bond acceptors (Lipinski definition) is 4. The van der Waals surface area contributed by atoms with E-state index in [1.54, 1.807) is 0 Å². The standard InChI is InChI=1S/C21H27N3O2/c22-20(18-7-3-1-4-8-18)17-21(25)24-13-11-23(12-14-24)15-16-26-19-9-5-2-6-10-19/h1-10,20H,11-17,22H2. The summed E-state index contributed by atoms with van der Waals surface area (Å²) in [6.07, 6.45) is 0.362. The molecule has 5 heteroatoms. The van der Waals surface area contributed by atoms with E-state index in [-0.39, 0.29) is 11.9 Å². The molecule has 2 aromatic carbocycles. The number of ether oxygens (including phenoxy) is 1. The highest BCUT2D eigenvalue weighted by atomic mass is 16.5. The molecule has 2 N–H and O–H groups in total. The number of carbonyl (C=O) groups is 1. The number of rotatable bonds is 7. The first-order valence-corrected chi connectivity index (χ1v) is 9.21. The largest absolute Gasteiger partial charge is 0.492 e. The summed E-state index contributed by atoms with van der Waals surface area (Å²) in [5.41, 5.74) is 7.19. The average Bonchev–Trinajstić information content (AvgIpc) is 2.70. The van der Waals surface area contributed by atoms with E-state index in [0.29, 0.717) is 13.0 Å². The number of nitrogens with zero attached hydrogens (tertiary/aromatic N) is 2. The highest BCUT2D eigenvalue weighted by molar-refractivity contribution is 5.77. The molecule has 0 bridgehead atoms. The fourth-order valence-electron chi connectivity index (χ4n) is 3.17. The van der Waals surface area contributed by atoms with Gasteiger partial charge in [-0.1, -0.05) is 48.5 Å². The predicted molar refractivity (Wildman–Crippen MR) is 103 cm³/mol. The molecule has 1 unspecified atom stereocenters. The zero-order chi connectivity index (χ0) is 18.2. The van der Waals surface area contributed by atoms with E-state index < -0.39 is 0 Å². The fraction of sp³-hybridized carbons (Fsp3) is 0.381. The first-order chi connectivity index (χ1) is 12.7. The molecule has 0 radical (unpaired) electrons. The topological polar surface area (TPSA) is 58.8 Å². The van der Waals surface area contributed by atoms with E-state index in [9.17, 15) is 4.79 Å². The summed E-state index contributed by atoms with van der Waals surface area (Å²) in [7, 11) is 0. The Morgan fingerprint density at radius 2 is 1.58 bits per heavy atom. The van der Waals surface area contributed by atoms with E-state index in [0.717, 1.165) is 44.0 Å². The van der Waals surface area contributed by atoms with Crippen molar-refractivity contribution in [3.63, 3.8) is 0 Å². The molecule has 0 spiro atoms. The molecule has 0 saturated carbocycles. The number of piperazine rings is 1. The van der Waals surface area contributed by atoms with Crippen molar-refractivity contribution in [2.45, 2.75) is 12.5 Å². The van der Waals surface area contributed by atoms with Crippen LogP contribution in [-0.4, -0.2) is 55.0 Å². The van der Waals surface area contributed by atoms with Gasteiger partial charge in [0.25, 0.3) is 0 Å². The van der Waals surface area contributed by atoms with Gasteiger partial charge in [-0.25, -0.2) is 0 Å². The Balaban J connectivity index is 1.37. The first-order valence-electron chi connectivity index (χ1n) is 9.21. The molecule has 1 aliphatic rings. The van der Waals surface area contributed by atoms with Gasteiger partial charge in [0.2, 0.25) is 5.91 Å². The second-order valence-electron chi connectivity index (χ2n) is 6.61. The monoisotopic (exact) mass is 353 g/mol. The summed E-state index contributed by atoms with van der Waals surface area (Å²) < 4.78 is 5.75. The van der Waals surface area contributed by atoms with E-state index in [1.807, 2.05) is 65.6 Å². The SMILES string of the molecule is NC(CC(=O)N1CCN(CCOc2ccccc2)CC1)c1ccccc1. The van der Waals surface area contributed by atoms with Crippen LogP contribution >= 0.6 is 0 Å². The predicted octanol–water partition coefficient (Wildman–Crippen LogP) is 2.30. The van der Waals surface area contributed by atoms with Gasteiger partial charge in [-0.3, -0.25) is 9.69 Å². The number of carbonyl (C=O) groups excluding carboxylic acids is 1. The molecule has 0 aromatic heterocycles. The van der Waals surface area contributed by atoms with Crippen LogP contribution < -0.4 is 10.5 Å². The molecular formula is C21H27N3O2. The van der Waals surface area contributed by atoms with Crippen LogP contribution in [0, 0.1) is 0 Å². The quantitative estimate of drug-likeness (QED) is 0.830. The maximum absolute atomic E-state index is 12.5. The van der Waals surface area contributed by atoms with Gasteiger partial charge < -0.3 is 15.4 Å². The Morgan fingerprint density at radius 3 is 2.23 bits per heavy atom. The lowest BCUT2D eigenvalue weighted by atomic mass is 10.0. The summed E-state index contributed by atoms with van der Waals surface area (Å²) in [6, 6.07) is 19.4. The summed E-state index contributed by atoms with van der Waals surface area (Å²) in [4.78, 5) is 16.8. The molecule has 138 valence electrons. The number of amides is 1. The van der Waals surface area contributed by atoms with Gasteiger partial charge in [0.05, 0.1) is 0 Å². The fourth-order valence-corrected chi connectivity index (χ4v) is 3.17. The molecular weight excluding hydrogens is 326 g/mol. The lowest BCUT2D eigenvalue weighted by Crippen LogP contribution is -2.49. The molecule has 26 heavy (non-hydrogen) atoms. The molecule has 0 aliphatic carbocycles. The van der Waals surface area contributed by atoms with Crippen molar-refractivity contribution in [3.8, 4) is 5.75 Å². The van der Waals surface area contributed by atoms with Crippen LogP contribution in [0.15, 0.2) is 60.7 Å². The minimum Gasteiger partial charge on any atom is -0.492 e. The maximum atomic E-state index is 12.5. The van der Waals surface area contributed by atoms with Gasteiger partial charge in [0.1, 0.15) is 12.4 Å². The summed E-state index contributed by atoms with van der Waals surface area (Å²) in [5, 5.41) is 0. The highest BCUT2D eigenvalue weighted by Gasteiger charge is 2.22. The molecule has 1 saturated heterocycles. The Hall–Kier alpha value is -2.37. The lowest BCUT2D eigenvalue weighted by Gasteiger charge is -2.35. The highest BCUT2D eigenvalue weighted by Crippen LogP contribution is 2.15. The van der Waals surface area contributed by atoms with Crippen LogP contribution in [0.5, 0.6) is 5.75 Å². The molecule has 1 atom stereocenters. The molecule has 1 fully saturated rings. The van der Waals surface area contributed by atoms with Crippen LogP contribution in [-0.2, 0) is 4.79 Å². The van der Waals surface area contributed by atoms with Gasteiger partial charge in [0, 0.05) is 45.2 Å². The van der Waals surface area contributed by atoms with Crippen LogP contribution in [0.2, 0.25) is 0 Å². The van der Waals surface area contributed by atoms with Crippen molar-refractivity contribution >= 4 is 5.91 Å². The maximum Gasteiger partial charge on any atom is 0.224 e. The molecule has 1 heterocycles. The Bertz CT molecular complexity index is 670. The van der Waals surface area contributed by atoms with Crippen molar-refractivity contribution in [2.75, 3.05) is 39.3 Å². The van der Waals surface area contributed by atoms with Crippen molar-refractivity contribution < 1.29 is 9.53 Å². The van der Waals surface area contributed by atoms with Crippen LogP contribution in [0.4, 0.5) is 0 Å². The van der Waals surface area contributed by atoms with Crippen LogP contribution in [0.25, 0.3) is 0 Å². The first kappa shape index (κ1) is 18.4. The molecule has 1 aliphatic heterocycles. The van der Waals surface area contributed by atoms with Crippen LogP contribution in [0.1, 0.15) is 18.0 Å². The summed E-state index contributed by atoms with van der Waals surface area (Å²) >= 11 is 0. The number of para-hydroxylation sites is 1. The number of benzene rings is 2. The second-order valence-corrected chi connectivity index (χ2v) is 6.61. The summed E-state index contributed by atoms with van der Waals surface area (Å²) in [5.74, 6) is 1.04. The van der Waals surface area contributed by atoms with Gasteiger partial charge in [-0.2, -0.15) is 0 Å². The van der Waals surface area contributed by atoms with E-state index >= 15 is 0 Å².